The number of hydrogen-bond acceptors (Lipinski definition) is 7. The number of anilines is 1. The van der Waals surface area contributed by atoms with Gasteiger partial charge in [0.25, 0.3) is 5.91 Å². The molecule has 2 fully saturated rings. The molecule has 2 saturated heterocycles. The van der Waals surface area contributed by atoms with Gasteiger partial charge in [0.1, 0.15) is 17.5 Å². The van der Waals surface area contributed by atoms with E-state index in [0.29, 0.717) is 5.69 Å². The Hall–Kier alpha value is -3.49. The Morgan fingerprint density at radius 1 is 1.15 bits per heavy atom. The topological polar surface area (TPSA) is 129 Å². The smallest absolute Gasteiger partial charge is 0.416 e. The molecule has 2 aromatic carbocycles. The molecule has 1 atom stereocenters. The zero-order valence-electron chi connectivity index (χ0n) is 22.1. The van der Waals surface area contributed by atoms with Crippen LogP contribution in [0.4, 0.5) is 23.7 Å². The number of amidine groups is 1. The van der Waals surface area contributed by atoms with E-state index < -0.39 is 45.4 Å². The molecule has 0 aliphatic carbocycles. The van der Waals surface area contributed by atoms with Gasteiger partial charge in [-0.15, -0.1) is 0 Å². The Bertz CT molecular complexity index is 1500. The van der Waals surface area contributed by atoms with Gasteiger partial charge in [-0.3, -0.25) is 14.7 Å². The van der Waals surface area contributed by atoms with Gasteiger partial charge in [-0.2, -0.15) is 13.2 Å². The number of cyclic esters (lactones) is 1. The normalized spacial score (nSPS) is 21.2. The molecule has 2 amide bonds. The van der Waals surface area contributed by atoms with Crippen LogP contribution in [0.5, 0.6) is 0 Å². The highest BCUT2D eigenvalue weighted by Gasteiger charge is 2.47. The first kappa shape index (κ1) is 29.0. The van der Waals surface area contributed by atoms with E-state index in [1.165, 1.54) is 21.3 Å². The average Bonchev–Trinajstić information content (AvgIpc) is 3.47. The Morgan fingerprint density at radius 2 is 1.88 bits per heavy atom. The molecule has 2 aromatic rings. The number of carbonyl (C=O) groups is 2. The molecule has 1 unspecified atom stereocenters. The van der Waals surface area contributed by atoms with E-state index in [2.05, 4.69) is 10.3 Å². The molecule has 41 heavy (non-hydrogen) atoms. The van der Waals surface area contributed by atoms with Crippen molar-refractivity contribution in [3.63, 3.8) is 0 Å². The number of hydrogen-bond donors (Lipinski definition) is 2. The molecule has 0 radical (unpaired) electrons. The molecular formula is C27H29F3N4O6S. The fourth-order valence-corrected chi connectivity index (χ4v) is 6.77. The summed E-state index contributed by atoms with van der Waals surface area (Å²) in [6.07, 6.45) is -5.24. The Balaban J connectivity index is 1.22. The summed E-state index contributed by atoms with van der Waals surface area (Å²) in [4.78, 5) is 30.8. The number of alkyl halides is 3. The van der Waals surface area contributed by atoms with Crippen LogP contribution in [0.25, 0.3) is 0 Å². The summed E-state index contributed by atoms with van der Waals surface area (Å²) < 4.78 is 72.1. The third-order valence-electron chi connectivity index (χ3n) is 7.73. The number of benzene rings is 2. The van der Waals surface area contributed by atoms with E-state index in [1.807, 2.05) is 6.92 Å². The zero-order valence-corrected chi connectivity index (χ0v) is 23.0. The van der Waals surface area contributed by atoms with Crippen LogP contribution in [-0.2, 0) is 32.2 Å². The number of aliphatic hydroxyl groups is 1. The molecule has 2 N–H and O–H groups in total. The Morgan fingerprint density at radius 3 is 2.51 bits per heavy atom. The quantitative estimate of drug-likeness (QED) is 0.507. The van der Waals surface area contributed by atoms with Crippen molar-refractivity contribution >= 4 is 33.5 Å². The number of rotatable bonds is 7. The van der Waals surface area contributed by atoms with Crippen molar-refractivity contribution in [3.05, 3.63) is 64.7 Å². The van der Waals surface area contributed by atoms with Gasteiger partial charge in [0.05, 0.1) is 24.5 Å². The van der Waals surface area contributed by atoms with Crippen LogP contribution in [0.2, 0.25) is 0 Å². The van der Waals surface area contributed by atoms with Crippen LogP contribution in [0.3, 0.4) is 0 Å². The van der Waals surface area contributed by atoms with Gasteiger partial charge in [0, 0.05) is 24.3 Å². The van der Waals surface area contributed by atoms with Gasteiger partial charge in [-0.25, -0.2) is 17.5 Å². The van der Waals surface area contributed by atoms with Gasteiger partial charge < -0.3 is 15.2 Å². The predicted octanol–water partition coefficient (Wildman–Crippen LogP) is 2.61. The third kappa shape index (κ3) is 5.81. The molecule has 3 aliphatic heterocycles. The molecule has 0 aromatic heterocycles. The first-order valence-corrected chi connectivity index (χ1v) is 14.7. The molecular weight excluding hydrogens is 565 g/mol. The summed E-state index contributed by atoms with van der Waals surface area (Å²) in [5.74, 6) is -0.570. The number of aliphatic hydroxyl groups excluding tert-OH is 1. The first-order chi connectivity index (χ1) is 19.3. The second kappa shape index (κ2) is 10.7. The highest BCUT2D eigenvalue weighted by atomic mass is 32.2. The highest BCUT2D eigenvalue weighted by Crippen LogP contribution is 2.34. The van der Waals surface area contributed by atoms with Crippen LogP contribution in [0, 0.1) is 6.92 Å². The van der Waals surface area contributed by atoms with Gasteiger partial charge in [0.15, 0.2) is 0 Å². The van der Waals surface area contributed by atoms with E-state index in [0.717, 1.165) is 23.3 Å². The Labute approximate surface area is 234 Å². The molecule has 5 rings (SSSR count). The van der Waals surface area contributed by atoms with E-state index in [1.54, 1.807) is 18.2 Å². The summed E-state index contributed by atoms with van der Waals surface area (Å²) in [5.41, 5.74) is 0.241. The van der Waals surface area contributed by atoms with E-state index >= 15 is 0 Å². The van der Waals surface area contributed by atoms with E-state index in [9.17, 15) is 36.3 Å². The van der Waals surface area contributed by atoms with Crippen molar-refractivity contribution < 1.29 is 41.0 Å². The molecule has 10 nitrogen and oxygen atoms in total. The second-order valence-electron chi connectivity index (χ2n) is 10.4. The van der Waals surface area contributed by atoms with Gasteiger partial charge in [-0.1, -0.05) is 18.2 Å². The zero-order chi connectivity index (χ0) is 29.6. The van der Waals surface area contributed by atoms with Crippen LogP contribution in [0.15, 0.2) is 47.5 Å². The number of nitrogens with zero attached hydrogens (tertiary/aromatic N) is 3. The Kier molecular flexibility index (Phi) is 7.59. The molecule has 0 saturated carbocycles. The molecule has 220 valence electrons. The van der Waals surface area contributed by atoms with Crippen LogP contribution in [0.1, 0.15) is 35.1 Å². The van der Waals surface area contributed by atoms with Crippen LogP contribution in [-0.4, -0.2) is 79.3 Å². The number of aryl methyl sites for hydroxylation is 2. The minimum absolute atomic E-state index is 0.0467. The van der Waals surface area contributed by atoms with Crippen LogP contribution >= 0.6 is 0 Å². The predicted molar refractivity (Wildman–Crippen MR) is 143 cm³/mol. The van der Waals surface area contributed by atoms with E-state index in [-0.39, 0.29) is 62.7 Å². The lowest BCUT2D eigenvalue weighted by atomic mass is 9.89. The van der Waals surface area contributed by atoms with Crippen molar-refractivity contribution in [2.45, 2.75) is 44.0 Å². The summed E-state index contributed by atoms with van der Waals surface area (Å²) >= 11 is 0. The summed E-state index contributed by atoms with van der Waals surface area (Å²) in [7, 11) is -3.68. The first-order valence-electron chi connectivity index (χ1n) is 13.1. The highest BCUT2D eigenvalue weighted by molar-refractivity contribution is 7.89. The lowest BCUT2D eigenvalue weighted by molar-refractivity contribution is -0.137. The van der Waals surface area contributed by atoms with Gasteiger partial charge in [-0.05, 0) is 61.6 Å². The number of halogens is 3. The number of carbonyl (C=O) groups excluding carboxylic acids is 2. The van der Waals surface area contributed by atoms with Crippen molar-refractivity contribution in [1.29, 1.82) is 0 Å². The number of nitrogens with one attached hydrogen (secondary N) is 1. The molecule has 0 bridgehead atoms. The lowest BCUT2D eigenvalue weighted by Gasteiger charge is -2.34. The summed E-state index contributed by atoms with van der Waals surface area (Å²) in [6, 6.07) is 9.78. The van der Waals surface area contributed by atoms with E-state index in [4.69, 9.17) is 4.74 Å². The summed E-state index contributed by atoms with van der Waals surface area (Å²) in [5, 5.41) is 11.8. The van der Waals surface area contributed by atoms with Crippen molar-refractivity contribution in [2.24, 2.45) is 4.99 Å². The third-order valence-corrected chi connectivity index (χ3v) is 9.60. The molecule has 14 heteroatoms. The van der Waals surface area contributed by atoms with Gasteiger partial charge in [0.2, 0.25) is 10.0 Å². The maximum atomic E-state index is 13.2. The van der Waals surface area contributed by atoms with Crippen LogP contribution < -0.4 is 10.2 Å². The molecule has 3 heterocycles. The number of ether oxygens (including phenoxy) is 1. The number of piperidine rings is 1. The number of sulfonamides is 1. The minimum atomic E-state index is -4.54. The summed E-state index contributed by atoms with van der Waals surface area (Å²) in [6.45, 7) is 1.87. The number of amides is 2. The fourth-order valence-electron chi connectivity index (χ4n) is 5.29. The maximum Gasteiger partial charge on any atom is 0.416 e. The van der Waals surface area contributed by atoms with Crippen molar-refractivity contribution in [1.82, 2.24) is 9.62 Å². The SMILES string of the molecule is Cc1cc(N2CC(CO)OC2=O)ccc1CCS(=O)(=O)N1CCC2(CC1)N=C(c1cccc(C(F)(F)F)c1)NC2=O. The molecule has 3 aliphatic rings. The monoisotopic (exact) mass is 594 g/mol. The van der Waals surface area contributed by atoms with Crippen molar-refractivity contribution in [2.75, 3.05) is 36.9 Å². The maximum absolute atomic E-state index is 13.2. The largest absolute Gasteiger partial charge is 0.441 e. The standard InChI is InChI=1S/C27H29F3N4O6S/c1-17-13-21(34-15-22(16-35)40-25(34)37)6-5-18(17)7-12-41(38,39)33-10-8-26(9-11-33)24(36)31-23(32-26)19-3-2-4-20(14-19)27(28,29)30/h2-6,13-14,22,35H,7-12,15-16H2,1H3,(H,31,32,36). The molecule has 1 spiro atoms. The lowest BCUT2D eigenvalue weighted by Crippen LogP contribution is -2.50. The van der Waals surface area contributed by atoms with Crippen molar-refractivity contribution in [3.8, 4) is 0 Å². The van der Waals surface area contributed by atoms with Gasteiger partial charge >= 0.3 is 12.3 Å². The average molecular weight is 595 g/mol. The fraction of sp³-hybridized carbons (Fsp3) is 0.444. The minimum Gasteiger partial charge on any atom is -0.441 e. The second-order valence-corrected chi connectivity index (χ2v) is 12.5. The number of aliphatic imine (C=N–C) groups is 1.